The Hall–Kier alpha value is -3.84. The highest BCUT2D eigenvalue weighted by molar-refractivity contribution is 5.99. The summed E-state index contributed by atoms with van der Waals surface area (Å²) in [5.74, 6) is 8.23. The molecule has 0 spiro atoms. The molecule has 0 saturated carbocycles. The molecule has 2 saturated heterocycles. The van der Waals surface area contributed by atoms with E-state index in [-0.39, 0.29) is 17.6 Å². The lowest BCUT2D eigenvalue weighted by Gasteiger charge is -2.24. The number of ether oxygens (including phenoxy) is 3. The minimum absolute atomic E-state index is 0.185. The molecule has 9 nitrogen and oxygen atoms in total. The molecule has 3 aromatic rings. The largest absolute Gasteiger partial charge is 0.494 e. The molecule has 2 aliphatic rings. The summed E-state index contributed by atoms with van der Waals surface area (Å²) in [5.41, 5.74) is 2.20. The van der Waals surface area contributed by atoms with Crippen LogP contribution in [0.2, 0.25) is 0 Å². The highest BCUT2D eigenvalue weighted by Gasteiger charge is 2.36. The maximum absolute atomic E-state index is 12.3. The van der Waals surface area contributed by atoms with Crippen LogP contribution >= 0.6 is 0 Å². The zero-order chi connectivity index (χ0) is 28.0. The van der Waals surface area contributed by atoms with Gasteiger partial charge in [-0.1, -0.05) is 37.8 Å². The fourth-order valence-electron chi connectivity index (χ4n) is 4.58. The van der Waals surface area contributed by atoms with Crippen LogP contribution < -0.4 is 15.4 Å². The molecule has 0 radical (unpaired) electrons. The number of anilines is 2. The fourth-order valence-corrected chi connectivity index (χ4v) is 4.58. The first-order chi connectivity index (χ1) is 19.3. The molecule has 2 aliphatic heterocycles. The van der Waals surface area contributed by atoms with Crippen molar-refractivity contribution in [1.29, 1.82) is 0 Å². The van der Waals surface area contributed by atoms with E-state index in [1.807, 2.05) is 57.2 Å². The molecule has 0 aliphatic carbocycles. The Morgan fingerprint density at radius 3 is 2.20 bits per heavy atom. The van der Waals surface area contributed by atoms with Crippen molar-refractivity contribution in [3.63, 3.8) is 0 Å². The van der Waals surface area contributed by atoms with E-state index in [1.54, 1.807) is 18.2 Å². The molecular weight excluding hydrogens is 508 g/mol. The summed E-state index contributed by atoms with van der Waals surface area (Å²) < 4.78 is 22.8. The number of rotatable bonds is 7. The smallest absolute Gasteiger partial charge is 0.324 e. The van der Waals surface area contributed by atoms with E-state index < -0.39 is 6.03 Å². The Morgan fingerprint density at radius 2 is 1.60 bits per heavy atom. The van der Waals surface area contributed by atoms with Crippen LogP contribution in [0.1, 0.15) is 44.1 Å². The summed E-state index contributed by atoms with van der Waals surface area (Å²) in [6.07, 6.45) is 1.39. The highest BCUT2D eigenvalue weighted by Crippen LogP contribution is 2.24. The number of nitrogens with one attached hydrogen (secondary N) is 2. The van der Waals surface area contributed by atoms with E-state index >= 15 is 0 Å². The first-order valence-corrected chi connectivity index (χ1v) is 13.7. The minimum atomic E-state index is -0.395. The van der Waals surface area contributed by atoms with Gasteiger partial charge in [0, 0.05) is 47.9 Å². The van der Waals surface area contributed by atoms with Crippen LogP contribution in [0.5, 0.6) is 5.75 Å². The van der Waals surface area contributed by atoms with Crippen molar-refractivity contribution < 1.29 is 23.5 Å². The molecule has 2 amide bonds. The Kier molecular flexibility index (Phi) is 8.70. The molecule has 1 aromatic heterocycles. The Labute approximate surface area is 235 Å². The fraction of sp³-hybridized carbons (Fsp3) is 0.419. The third kappa shape index (κ3) is 7.63. The van der Waals surface area contributed by atoms with Crippen LogP contribution in [-0.2, 0) is 14.9 Å². The molecule has 0 bridgehead atoms. The number of carbonyl (C=O) groups excluding carboxylic acids is 1. The molecule has 9 heteroatoms. The third-order valence-electron chi connectivity index (χ3n) is 6.76. The Morgan fingerprint density at radius 1 is 0.975 bits per heavy atom. The van der Waals surface area contributed by atoms with Crippen molar-refractivity contribution >= 4 is 17.5 Å². The van der Waals surface area contributed by atoms with E-state index in [2.05, 4.69) is 32.5 Å². The average Bonchev–Trinajstić information content (AvgIpc) is 3.58. The van der Waals surface area contributed by atoms with Gasteiger partial charge in [-0.2, -0.15) is 0 Å². The van der Waals surface area contributed by atoms with Gasteiger partial charge in [0.1, 0.15) is 11.5 Å². The number of aromatic nitrogens is 1. The average molecular weight is 545 g/mol. The van der Waals surface area contributed by atoms with Gasteiger partial charge >= 0.3 is 6.03 Å². The Balaban J connectivity index is 1.03. The van der Waals surface area contributed by atoms with Gasteiger partial charge in [0.15, 0.2) is 5.82 Å². The first-order valence-electron chi connectivity index (χ1n) is 13.7. The predicted molar refractivity (Wildman–Crippen MR) is 153 cm³/mol. The van der Waals surface area contributed by atoms with Crippen molar-refractivity contribution in [2.75, 3.05) is 50.1 Å². The summed E-state index contributed by atoms with van der Waals surface area (Å²) in [6, 6.07) is 16.5. The summed E-state index contributed by atoms with van der Waals surface area (Å²) in [4.78, 5) is 14.7. The van der Waals surface area contributed by atoms with Gasteiger partial charge in [0.05, 0.1) is 32.0 Å². The highest BCUT2D eigenvalue weighted by atomic mass is 16.6. The lowest BCUT2D eigenvalue weighted by atomic mass is 9.93. The SMILES string of the molecule is CC(C)(C)c1cc(NC(=O)Nc2ccc(C#Cc3ccc(OCCCN4C[C@@H]5OCCO[C@@H]5C4)cc3)cc2)no1. The minimum Gasteiger partial charge on any atom is -0.494 e. The molecule has 210 valence electrons. The molecule has 2 N–H and O–H groups in total. The van der Waals surface area contributed by atoms with Gasteiger partial charge < -0.3 is 24.1 Å². The molecular formula is C31H36N4O5. The second-order valence-electron chi connectivity index (χ2n) is 11.0. The van der Waals surface area contributed by atoms with Crippen molar-refractivity contribution in [2.24, 2.45) is 0 Å². The van der Waals surface area contributed by atoms with Crippen molar-refractivity contribution in [3.8, 4) is 17.6 Å². The van der Waals surface area contributed by atoms with E-state index in [0.29, 0.717) is 37.1 Å². The zero-order valence-electron chi connectivity index (χ0n) is 23.2. The molecule has 2 fully saturated rings. The molecule has 40 heavy (non-hydrogen) atoms. The van der Waals surface area contributed by atoms with Crippen LogP contribution in [0.3, 0.4) is 0 Å². The van der Waals surface area contributed by atoms with Gasteiger partial charge in [0.2, 0.25) is 0 Å². The second kappa shape index (κ2) is 12.6. The van der Waals surface area contributed by atoms with Crippen molar-refractivity contribution in [2.45, 2.75) is 44.8 Å². The molecule has 2 atom stereocenters. The van der Waals surface area contributed by atoms with Crippen LogP contribution in [0, 0.1) is 11.8 Å². The molecule has 0 unspecified atom stereocenters. The number of amides is 2. The van der Waals surface area contributed by atoms with Gasteiger partial charge in [0.25, 0.3) is 0 Å². The molecule has 2 aromatic carbocycles. The summed E-state index contributed by atoms with van der Waals surface area (Å²) >= 11 is 0. The van der Waals surface area contributed by atoms with Gasteiger partial charge in [-0.05, 0) is 55.0 Å². The number of likely N-dealkylation sites (tertiary alicyclic amines) is 1. The number of benzene rings is 2. The maximum Gasteiger partial charge on any atom is 0.324 e. The zero-order valence-corrected chi connectivity index (χ0v) is 23.2. The lowest BCUT2D eigenvalue weighted by Crippen LogP contribution is -2.36. The molecule has 5 rings (SSSR count). The number of carbonyl (C=O) groups is 1. The topological polar surface area (TPSA) is 98.1 Å². The quantitative estimate of drug-likeness (QED) is 0.323. The summed E-state index contributed by atoms with van der Waals surface area (Å²) in [5, 5.41) is 9.37. The van der Waals surface area contributed by atoms with E-state index in [4.69, 9.17) is 18.7 Å². The van der Waals surface area contributed by atoms with Gasteiger partial charge in [-0.3, -0.25) is 10.2 Å². The monoisotopic (exact) mass is 544 g/mol. The lowest BCUT2D eigenvalue weighted by molar-refractivity contribution is -0.116. The second-order valence-corrected chi connectivity index (χ2v) is 11.0. The summed E-state index contributed by atoms with van der Waals surface area (Å²) in [7, 11) is 0. The number of fused-ring (bicyclic) bond motifs is 1. The van der Waals surface area contributed by atoms with Crippen LogP contribution in [0.4, 0.5) is 16.3 Å². The maximum atomic E-state index is 12.3. The van der Waals surface area contributed by atoms with Crippen LogP contribution in [0.25, 0.3) is 0 Å². The van der Waals surface area contributed by atoms with Crippen LogP contribution in [-0.4, -0.2) is 67.8 Å². The van der Waals surface area contributed by atoms with E-state index in [1.165, 1.54) is 0 Å². The van der Waals surface area contributed by atoms with Gasteiger partial charge in [-0.25, -0.2) is 4.79 Å². The Bertz CT molecular complexity index is 1320. The number of hydrogen-bond donors (Lipinski definition) is 2. The number of urea groups is 1. The van der Waals surface area contributed by atoms with E-state index in [9.17, 15) is 4.79 Å². The first kappa shape index (κ1) is 27.7. The van der Waals surface area contributed by atoms with Gasteiger partial charge in [-0.15, -0.1) is 0 Å². The standard InChI is InChI=1S/C31H36N4O5/c1-31(2,3)28-19-29(34-40-28)33-30(36)32-24-11-7-22(8-12-24)5-6-23-9-13-25(14-10-23)37-16-4-15-35-20-26-27(21-35)39-18-17-38-26/h7-14,19,26-27H,4,15-18,20-21H2,1-3H3,(H2,32,33,34,36)/t26-,27+. The van der Waals surface area contributed by atoms with Crippen molar-refractivity contribution in [1.82, 2.24) is 10.1 Å². The normalized spacial score (nSPS) is 18.9. The molecule has 3 heterocycles. The number of nitrogens with zero attached hydrogens (tertiary/aromatic N) is 2. The number of hydrogen-bond acceptors (Lipinski definition) is 7. The van der Waals surface area contributed by atoms with Crippen molar-refractivity contribution in [3.05, 3.63) is 71.5 Å². The van der Waals surface area contributed by atoms with Crippen LogP contribution in [0.15, 0.2) is 59.1 Å². The van der Waals surface area contributed by atoms with E-state index in [0.717, 1.165) is 42.9 Å². The summed E-state index contributed by atoms with van der Waals surface area (Å²) in [6.45, 7) is 11.0. The third-order valence-corrected chi connectivity index (χ3v) is 6.76. The predicted octanol–water partition coefficient (Wildman–Crippen LogP) is 4.88.